The molecule has 0 N–H and O–H groups in total. The quantitative estimate of drug-likeness (QED) is 0.588. The zero-order valence-corrected chi connectivity index (χ0v) is 10.6. The Kier molecular flexibility index (Phi) is 2.96. The third-order valence-corrected chi connectivity index (χ3v) is 4.37. The minimum atomic E-state index is 1.04. The highest BCUT2D eigenvalue weighted by Gasteiger charge is 2.06. The van der Waals surface area contributed by atoms with Crippen molar-refractivity contribution in [2.24, 2.45) is 0 Å². The fourth-order valence-electron chi connectivity index (χ4n) is 1.15. The van der Waals surface area contributed by atoms with Crippen LogP contribution in [0.15, 0.2) is 40.6 Å². The molecule has 0 unspecified atom stereocenters. The van der Waals surface area contributed by atoms with Crippen molar-refractivity contribution in [3.8, 4) is 10.4 Å². The first-order valence-electron chi connectivity index (χ1n) is 3.80. The maximum atomic E-state index is 4.43. The lowest BCUT2D eigenvalue weighted by Crippen LogP contribution is -1.77. The highest BCUT2D eigenvalue weighted by molar-refractivity contribution is 14.1. The third-order valence-electron chi connectivity index (χ3n) is 1.77. The van der Waals surface area contributed by atoms with Crippen LogP contribution < -0.4 is 0 Å². The molecule has 3 heteroatoms. The Morgan fingerprint density at radius 2 is 1.92 bits per heavy atom. The molecule has 0 radical (unpaired) electrons. The average molecular weight is 318 g/mol. The number of thiol groups is 1. The Hall–Kier alpha value is -0.000000000000000111. The Morgan fingerprint density at radius 3 is 2.54 bits per heavy atom. The molecule has 1 aromatic heterocycles. The summed E-state index contributed by atoms with van der Waals surface area (Å²) in [5.41, 5.74) is 1.23. The van der Waals surface area contributed by atoms with Gasteiger partial charge in [0.25, 0.3) is 0 Å². The predicted octanol–water partition coefficient (Wildman–Crippen LogP) is 4.31. The SMILES string of the molecule is Sc1ccccc1-c1sccc1I. The van der Waals surface area contributed by atoms with Crippen molar-refractivity contribution in [1.82, 2.24) is 0 Å². The van der Waals surface area contributed by atoms with Crippen LogP contribution in [0.1, 0.15) is 0 Å². The van der Waals surface area contributed by atoms with Gasteiger partial charge >= 0.3 is 0 Å². The molecule has 0 aliphatic carbocycles. The largest absolute Gasteiger partial charge is 0.143 e. The maximum absolute atomic E-state index is 4.43. The monoisotopic (exact) mass is 318 g/mol. The zero-order chi connectivity index (χ0) is 9.26. The van der Waals surface area contributed by atoms with Gasteiger partial charge in [0.05, 0.1) is 0 Å². The van der Waals surface area contributed by atoms with Gasteiger partial charge in [0.2, 0.25) is 0 Å². The van der Waals surface area contributed by atoms with E-state index in [1.165, 1.54) is 14.0 Å². The maximum Gasteiger partial charge on any atom is 0.0487 e. The second-order valence-electron chi connectivity index (χ2n) is 2.61. The molecule has 66 valence electrons. The van der Waals surface area contributed by atoms with E-state index in [4.69, 9.17) is 0 Å². The van der Waals surface area contributed by atoms with E-state index in [1.54, 1.807) is 11.3 Å². The number of benzene rings is 1. The first-order valence-corrected chi connectivity index (χ1v) is 6.21. The van der Waals surface area contributed by atoms with E-state index < -0.39 is 0 Å². The van der Waals surface area contributed by atoms with E-state index in [0.717, 1.165) is 4.90 Å². The van der Waals surface area contributed by atoms with Crippen LogP contribution in [-0.2, 0) is 0 Å². The van der Waals surface area contributed by atoms with E-state index in [-0.39, 0.29) is 0 Å². The second-order valence-corrected chi connectivity index (χ2v) is 5.17. The minimum absolute atomic E-state index is 1.04. The van der Waals surface area contributed by atoms with Gasteiger partial charge in [0.1, 0.15) is 0 Å². The van der Waals surface area contributed by atoms with Crippen molar-refractivity contribution in [3.63, 3.8) is 0 Å². The lowest BCUT2D eigenvalue weighted by atomic mass is 10.2. The first-order chi connectivity index (χ1) is 6.29. The second kappa shape index (κ2) is 4.02. The number of hydrogen-bond acceptors (Lipinski definition) is 2. The molecule has 0 saturated carbocycles. The summed E-state index contributed by atoms with van der Waals surface area (Å²) in [7, 11) is 0. The van der Waals surface area contributed by atoms with Crippen molar-refractivity contribution >= 4 is 46.6 Å². The number of hydrogen-bond donors (Lipinski definition) is 1. The Morgan fingerprint density at radius 1 is 1.15 bits per heavy atom. The van der Waals surface area contributed by atoms with Crippen LogP contribution in [0, 0.1) is 3.57 Å². The molecule has 0 aliphatic rings. The average Bonchev–Trinajstić information content (AvgIpc) is 2.52. The van der Waals surface area contributed by atoms with Gasteiger partial charge in [-0.1, -0.05) is 18.2 Å². The summed E-state index contributed by atoms with van der Waals surface area (Å²) in [6, 6.07) is 10.3. The van der Waals surface area contributed by atoms with Gasteiger partial charge in [-0.2, -0.15) is 0 Å². The molecule has 2 aromatic rings. The van der Waals surface area contributed by atoms with Gasteiger partial charge in [-0.15, -0.1) is 24.0 Å². The molecule has 2 rings (SSSR count). The van der Waals surface area contributed by atoms with E-state index in [9.17, 15) is 0 Å². The van der Waals surface area contributed by atoms with Crippen molar-refractivity contribution in [3.05, 3.63) is 39.3 Å². The summed E-state index contributed by atoms with van der Waals surface area (Å²) in [6.45, 7) is 0. The van der Waals surface area contributed by atoms with E-state index in [2.05, 4.69) is 52.7 Å². The number of rotatable bonds is 1. The summed E-state index contributed by atoms with van der Waals surface area (Å²) in [5, 5.41) is 2.11. The van der Waals surface area contributed by atoms with E-state index >= 15 is 0 Å². The molecule has 0 amide bonds. The molecule has 0 nitrogen and oxygen atoms in total. The number of thiophene rings is 1. The molecule has 0 aliphatic heterocycles. The summed E-state index contributed by atoms with van der Waals surface area (Å²) in [6.07, 6.45) is 0. The summed E-state index contributed by atoms with van der Waals surface area (Å²) < 4.78 is 1.30. The molecule has 0 saturated heterocycles. The van der Waals surface area contributed by atoms with Crippen LogP contribution in [0.4, 0.5) is 0 Å². The normalized spacial score (nSPS) is 10.3. The van der Waals surface area contributed by atoms with Crippen molar-refractivity contribution in [2.45, 2.75) is 4.90 Å². The van der Waals surface area contributed by atoms with Gasteiger partial charge in [-0.05, 0) is 40.1 Å². The van der Waals surface area contributed by atoms with Crippen LogP contribution in [0.5, 0.6) is 0 Å². The Bertz CT molecular complexity index is 420. The van der Waals surface area contributed by atoms with Crippen LogP contribution in [0.2, 0.25) is 0 Å². The highest BCUT2D eigenvalue weighted by atomic mass is 127. The summed E-state index contributed by atoms with van der Waals surface area (Å²) in [5.74, 6) is 0. The fourth-order valence-corrected chi connectivity index (χ4v) is 3.42. The van der Waals surface area contributed by atoms with Crippen LogP contribution >= 0.6 is 46.6 Å². The van der Waals surface area contributed by atoms with Crippen LogP contribution in [-0.4, -0.2) is 0 Å². The Balaban J connectivity index is 2.59. The van der Waals surface area contributed by atoms with Crippen LogP contribution in [0.25, 0.3) is 10.4 Å². The number of halogens is 1. The minimum Gasteiger partial charge on any atom is -0.143 e. The Labute approximate surface area is 101 Å². The van der Waals surface area contributed by atoms with Gasteiger partial charge < -0.3 is 0 Å². The molecule has 0 bridgehead atoms. The lowest BCUT2D eigenvalue weighted by molar-refractivity contribution is 1.48. The first kappa shape index (κ1) is 9.55. The smallest absolute Gasteiger partial charge is 0.0487 e. The predicted molar refractivity (Wildman–Crippen MR) is 69.7 cm³/mol. The summed E-state index contributed by atoms with van der Waals surface area (Å²) in [4.78, 5) is 2.36. The van der Waals surface area contributed by atoms with Crippen molar-refractivity contribution in [2.75, 3.05) is 0 Å². The highest BCUT2D eigenvalue weighted by Crippen LogP contribution is 2.34. The van der Waals surface area contributed by atoms with E-state index in [0.29, 0.717) is 0 Å². The molecule has 0 fully saturated rings. The molecule has 1 heterocycles. The van der Waals surface area contributed by atoms with E-state index in [1.807, 2.05) is 18.2 Å². The summed E-state index contributed by atoms with van der Waals surface area (Å²) >= 11 is 8.55. The van der Waals surface area contributed by atoms with Gasteiger partial charge in [0.15, 0.2) is 0 Å². The molecule has 1 aromatic carbocycles. The molecule has 13 heavy (non-hydrogen) atoms. The van der Waals surface area contributed by atoms with Crippen molar-refractivity contribution in [1.29, 1.82) is 0 Å². The third kappa shape index (κ3) is 1.92. The fraction of sp³-hybridized carbons (Fsp3) is 0. The standard InChI is InChI=1S/C10H7IS2/c11-8-5-6-13-10(8)7-3-1-2-4-9(7)12/h1-6,12H. The van der Waals surface area contributed by atoms with Gasteiger partial charge in [-0.3, -0.25) is 0 Å². The molecular weight excluding hydrogens is 311 g/mol. The van der Waals surface area contributed by atoms with Gasteiger partial charge in [0, 0.05) is 18.9 Å². The van der Waals surface area contributed by atoms with Gasteiger partial charge in [-0.25, -0.2) is 0 Å². The topological polar surface area (TPSA) is 0 Å². The van der Waals surface area contributed by atoms with Crippen molar-refractivity contribution < 1.29 is 0 Å². The molecule has 0 spiro atoms. The molecule has 0 atom stereocenters. The molecular formula is C10H7IS2. The zero-order valence-electron chi connectivity index (χ0n) is 6.70. The lowest BCUT2D eigenvalue weighted by Gasteiger charge is -2.01. The van der Waals surface area contributed by atoms with Crippen LogP contribution in [0.3, 0.4) is 0 Å².